The standard InChI is InChI=1S/C29H22N4O6/c34-24-22(26(35)32(28(37)30-24)15-17-9-3-1-4-10-17)21-19-13-7-8-14-20(19)39-25-23(21)27(36)33(29(38)31-25)16-18-11-5-2-6-12-18/h1-14,21,35H,15-16H2,(H,31,38)(H,30,34,37). The molecule has 3 N–H and O–H groups in total. The molecule has 2 aromatic heterocycles. The number of aromatic nitrogens is 4. The number of hydrogen-bond acceptors (Lipinski definition) is 6. The molecule has 1 unspecified atom stereocenters. The van der Waals surface area contributed by atoms with E-state index in [1.807, 2.05) is 12.1 Å². The maximum absolute atomic E-state index is 13.9. The molecule has 0 fully saturated rings. The highest BCUT2D eigenvalue weighted by Gasteiger charge is 2.37. The van der Waals surface area contributed by atoms with Crippen molar-refractivity contribution in [1.29, 1.82) is 0 Å². The Morgan fingerprint density at radius 3 is 1.92 bits per heavy atom. The SMILES string of the molecule is O=c1[nH]c(=O)n(Cc2ccccc2)c(O)c1C1c2ccccc2Oc2[nH]c(=O)n(Cc3ccccc3)c(=O)c21. The van der Waals surface area contributed by atoms with Gasteiger partial charge in [0.05, 0.1) is 30.1 Å². The fourth-order valence-electron chi connectivity index (χ4n) is 4.94. The summed E-state index contributed by atoms with van der Waals surface area (Å²) in [6, 6.07) is 24.7. The summed E-state index contributed by atoms with van der Waals surface area (Å²) < 4.78 is 7.95. The van der Waals surface area contributed by atoms with Crippen molar-refractivity contribution in [3.05, 3.63) is 154 Å². The zero-order valence-corrected chi connectivity index (χ0v) is 20.5. The smallest absolute Gasteiger partial charge is 0.331 e. The Labute approximate surface area is 220 Å². The predicted molar refractivity (Wildman–Crippen MR) is 143 cm³/mol. The number of aromatic hydroxyl groups is 1. The van der Waals surface area contributed by atoms with Gasteiger partial charge in [0.1, 0.15) is 5.75 Å². The number of rotatable bonds is 5. The molecular formula is C29H22N4O6. The number of nitrogens with one attached hydrogen (secondary N) is 2. The summed E-state index contributed by atoms with van der Waals surface area (Å²) >= 11 is 0. The van der Waals surface area contributed by atoms with E-state index in [0.717, 1.165) is 20.3 Å². The van der Waals surface area contributed by atoms with E-state index < -0.39 is 34.3 Å². The lowest BCUT2D eigenvalue weighted by Crippen LogP contribution is -2.41. The van der Waals surface area contributed by atoms with Crippen LogP contribution in [0.4, 0.5) is 0 Å². The molecule has 0 amide bonds. The zero-order valence-electron chi connectivity index (χ0n) is 20.5. The summed E-state index contributed by atoms with van der Waals surface area (Å²) in [4.78, 5) is 57.8. The van der Waals surface area contributed by atoms with Crippen molar-refractivity contribution >= 4 is 0 Å². The summed E-state index contributed by atoms with van der Waals surface area (Å²) in [6.07, 6.45) is 0. The molecule has 0 radical (unpaired) electrons. The first-order valence-electron chi connectivity index (χ1n) is 12.2. The third-order valence-corrected chi connectivity index (χ3v) is 6.78. The molecule has 1 aliphatic rings. The highest BCUT2D eigenvalue weighted by Crippen LogP contribution is 2.45. The van der Waals surface area contributed by atoms with E-state index in [-0.39, 0.29) is 30.1 Å². The molecule has 6 rings (SSSR count). The van der Waals surface area contributed by atoms with Gasteiger partial charge in [0.25, 0.3) is 11.1 Å². The van der Waals surface area contributed by atoms with Crippen LogP contribution in [0.15, 0.2) is 104 Å². The normalized spacial score (nSPS) is 13.8. The molecule has 0 spiro atoms. The number of aromatic amines is 2. The molecule has 3 heterocycles. The van der Waals surface area contributed by atoms with Crippen LogP contribution in [0, 0.1) is 0 Å². The molecule has 0 saturated heterocycles. The van der Waals surface area contributed by atoms with Crippen LogP contribution in [0.25, 0.3) is 0 Å². The summed E-state index contributed by atoms with van der Waals surface area (Å²) in [7, 11) is 0. The van der Waals surface area contributed by atoms with Gasteiger partial charge in [-0.15, -0.1) is 0 Å². The van der Waals surface area contributed by atoms with Gasteiger partial charge in [-0.1, -0.05) is 78.9 Å². The van der Waals surface area contributed by atoms with E-state index in [0.29, 0.717) is 11.3 Å². The Morgan fingerprint density at radius 2 is 1.26 bits per heavy atom. The summed E-state index contributed by atoms with van der Waals surface area (Å²) in [5.41, 5.74) is -1.40. The van der Waals surface area contributed by atoms with Gasteiger partial charge in [-0.05, 0) is 17.2 Å². The number of fused-ring (bicyclic) bond motifs is 2. The molecule has 3 aromatic carbocycles. The molecular weight excluding hydrogens is 500 g/mol. The van der Waals surface area contributed by atoms with Crippen LogP contribution in [0.3, 0.4) is 0 Å². The largest absolute Gasteiger partial charge is 0.494 e. The first kappa shape index (κ1) is 24.0. The third kappa shape index (κ3) is 4.17. The lowest BCUT2D eigenvalue weighted by molar-refractivity contribution is 0.391. The van der Waals surface area contributed by atoms with Crippen molar-refractivity contribution in [2.45, 2.75) is 19.0 Å². The fraction of sp³-hybridized carbons (Fsp3) is 0.103. The Kier molecular flexibility index (Phi) is 5.84. The minimum absolute atomic E-state index is 0.0170. The van der Waals surface area contributed by atoms with Gasteiger partial charge >= 0.3 is 11.4 Å². The minimum atomic E-state index is -1.14. The van der Waals surface area contributed by atoms with E-state index >= 15 is 0 Å². The molecule has 0 aliphatic carbocycles. The Balaban J connectivity index is 1.60. The van der Waals surface area contributed by atoms with Crippen LogP contribution in [-0.4, -0.2) is 24.2 Å². The molecule has 0 saturated carbocycles. The highest BCUT2D eigenvalue weighted by atomic mass is 16.5. The number of para-hydroxylation sites is 1. The van der Waals surface area contributed by atoms with Crippen molar-refractivity contribution in [2.24, 2.45) is 0 Å². The second kappa shape index (κ2) is 9.49. The molecule has 10 nitrogen and oxygen atoms in total. The Bertz CT molecular complexity index is 1940. The average molecular weight is 523 g/mol. The minimum Gasteiger partial charge on any atom is -0.494 e. The van der Waals surface area contributed by atoms with E-state index in [1.54, 1.807) is 72.8 Å². The van der Waals surface area contributed by atoms with E-state index in [2.05, 4.69) is 9.97 Å². The van der Waals surface area contributed by atoms with Crippen molar-refractivity contribution in [3.63, 3.8) is 0 Å². The monoisotopic (exact) mass is 522 g/mol. The quantitative estimate of drug-likeness (QED) is 0.318. The van der Waals surface area contributed by atoms with Crippen LogP contribution in [0.2, 0.25) is 0 Å². The van der Waals surface area contributed by atoms with Crippen LogP contribution < -0.4 is 27.2 Å². The average Bonchev–Trinajstić information content (AvgIpc) is 2.94. The summed E-state index contributed by atoms with van der Waals surface area (Å²) in [6.45, 7) is -0.0383. The fourth-order valence-corrected chi connectivity index (χ4v) is 4.94. The van der Waals surface area contributed by atoms with Gasteiger partial charge in [0.2, 0.25) is 11.8 Å². The molecule has 0 bridgehead atoms. The molecule has 10 heteroatoms. The zero-order chi connectivity index (χ0) is 27.1. The van der Waals surface area contributed by atoms with Gasteiger partial charge in [-0.3, -0.25) is 28.7 Å². The van der Waals surface area contributed by atoms with Crippen molar-refractivity contribution in [1.82, 2.24) is 19.1 Å². The van der Waals surface area contributed by atoms with Gasteiger partial charge in [0.15, 0.2) is 0 Å². The molecule has 1 aliphatic heterocycles. The van der Waals surface area contributed by atoms with Crippen molar-refractivity contribution in [3.8, 4) is 17.5 Å². The second-order valence-corrected chi connectivity index (χ2v) is 9.19. The van der Waals surface area contributed by atoms with Crippen molar-refractivity contribution < 1.29 is 9.84 Å². The predicted octanol–water partition coefficient (Wildman–Crippen LogP) is 2.47. The molecule has 5 aromatic rings. The number of benzene rings is 3. The Hall–Kier alpha value is -5.38. The van der Waals surface area contributed by atoms with Crippen LogP contribution in [0.1, 0.15) is 33.7 Å². The summed E-state index contributed by atoms with van der Waals surface area (Å²) in [5, 5.41) is 11.4. The lowest BCUT2D eigenvalue weighted by atomic mass is 9.84. The Morgan fingerprint density at radius 1 is 0.692 bits per heavy atom. The van der Waals surface area contributed by atoms with Gasteiger partial charge in [-0.25, -0.2) is 9.59 Å². The number of hydrogen-bond donors (Lipinski definition) is 3. The summed E-state index contributed by atoms with van der Waals surface area (Å²) in [5.74, 6) is -1.55. The van der Waals surface area contributed by atoms with Crippen LogP contribution >= 0.6 is 0 Å². The molecule has 194 valence electrons. The van der Waals surface area contributed by atoms with Gasteiger partial charge in [0, 0.05) is 5.56 Å². The first-order chi connectivity index (χ1) is 18.9. The topological polar surface area (TPSA) is 139 Å². The van der Waals surface area contributed by atoms with Crippen molar-refractivity contribution in [2.75, 3.05) is 0 Å². The van der Waals surface area contributed by atoms with Crippen LogP contribution in [-0.2, 0) is 13.1 Å². The molecule has 1 atom stereocenters. The second-order valence-electron chi connectivity index (χ2n) is 9.19. The molecule has 39 heavy (non-hydrogen) atoms. The first-order valence-corrected chi connectivity index (χ1v) is 12.2. The highest BCUT2D eigenvalue weighted by molar-refractivity contribution is 5.57. The van der Waals surface area contributed by atoms with E-state index in [4.69, 9.17) is 4.74 Å². The maximum Gasteiger partial charge on any atom is 0.331 e. The van der Waals surface area contributed by atoms with E-state index in [9.17, 15) is 24.3 Å². The van der Waals surface area contributed by atoms with E-state index in [1.165, 1.54) is 0 Å². The van der Waals surface area contributed by atoms with Crippen LogP contribution in [0.5, 0.6) is 17.5 Å². The maximum atomic E-state index is 13.9. The number of nitrogens with zero attached hydrogens (tertiary/aromatic N) is 2. The van der Waals surface area contributed by atoms with Gasteiger partial charge < -0.3 is 9.84 Å². The number of H-pyrrole nitrogens is 2. The third-order valence-electron chi connectivity index (χ3n) is 6.78. The van der Waals surface area contributed by atoms with Gasteiger partial charge in [-0.2, -0.15) is 0 Å². The number of ether oxygens (including phenoxy) is 1. The lowest BCUT2D eigenvalue weighted by Gasteiger charge is -2.28.